The summed E-state index contributed by atoms with van der Waals surface area (Å²) in [6.07, 6.45) is 7.77. The van der Waals surface area contributed by atoms with E-state index >= 15 is 0 Å². The van der Waals surface area contributed by atoms with Crippen LogP contribution in [0, 0.1) is 0 Å². The van der Waals surface area contributed by atoms with Gasteiger partial charge in [-0.1, -0.05) is 12.5 Å². The van der Waals surface area contributed by atoms with E-state index in [9.17, 15) is 0 Å². The molecule has 0 saturated carbocycles. The van der Waals surface area contributed by atoms with Gasteiger partial charge in [0.25, 0.3) is 5.89 Å². The predicted molar refractivity (Wildman–Crippen MR) is 92.7 cm³/mol. The molecule has 0 radical (unpaired) electrons. The fraction of sp³-hybridized carbons (Fsp3) is 0.444. The minimum absolute atomic E-state index is 0.460. The third-order valence-corrected chi connectivity index (χ3v) is 5.53. The SMILES string of the molecule is c1coc(-c2nnc(CN3CCCC[C@@H]3CCc3cccs3)o2)c1. The maximum Gasteiger partial charge on any atom is 0.283 e. The second-order valence-corrected chi connectivity index (χ2v) is 7.25. The summed E-state index contributed by atoms with van der Waals surface area (Å²) in [5, 5.41) is 10.5. The van der Waals surface area contributed by atoms with E-state index in [1.807, 2.05) is 23.5 Å². The average Bonchev–Trinajstić information content (AvgIpc) is 3.36. The highest BCUT2D eigenvalue weighted by Crippen LogP contribution is 2.25. The molecule has 24 heavy (non-hydrogen) atoms. The highest BCUT2D eigenvalue weighted by molar-refractivity contribution is 7.09. The molecule has 3 aromatic rings. The molecular formula is C18H21N3O2S. The third-order valence-electron chi connectivity index (χ3n) is 4.59. The molecule has 5 nitrogen and oxygen atoms in total. The van der Waals surface area contributed by atoms with Crippen LogP contribution in [-0.2, 0) is 13.0 Å². The third kappa shape index (κ3) is 3.60. The fourth-order valence-electron chi connectivity index (χ4n) is 3.35. The van der Waals surface area contributed by atoms with Gasteiger partial charge in [0.15, 0.2) is 5.76 Å². The van der Waals surface area contributed by atoms with Crippen LogP contribution < -0.4 is 0 Å². The monoisotopic (exact) mass is 343 g/mol. The number of hydrogen-bond acceptors (Lipinski definition) is 6. The Balaban J connectivity index is 1.39. The number of likely N-dealkylation sites (tertiary alicyclic amines) is 1. The number of rotatable bonds is 6. The van der Waals surface area contributed by atoms with E-state index in [1.165, 1.54) is 30.6 Å². The molecule has 126 valence electrons. The van der Waals surface area contributed by atoms with Crippen molar-refractivity contribution in [2.75, 3.05) is 6.54 Å². The van der Waals surface area contributed by atoms with Gasteiger partial charge >= 0.3 is 0 Å². The second kappa shape index (κ2) is 7.32. The van der Waals surface area contributed by atoms with Gasteiger partial charge in [0.1, 0.15) is 0 Å². The standard InChI is InChI=1S/C18H21N3O2S/c1-2-10-21(14(5-1)8-9-15-6-4-12-24-15)13-17-19-20-18(23-17)16-7-3-11-22-16/h3-4,6-7,11-12,14H,1-2,5,8-10,13H2/t14-/m1/s1. The molecule has 0 N–H and O–H groups in total. The Labute approximate surface area is 145 Å². The van der Waals surface area contributed by atoms with Crippen molar-refractivity contribution in [1.82, 2.24) is 15.1 Å². The quantitative estimate of drug-likeness (QED) is 0.665. The van der Waals surface area contributed by atoms with Gasteiger partial charge in [-0.25, -0.2) is 0 Å². The number of hydrogen-bond donors (Lipinski definition) is 0. The Morgan fingerprint density at radius 1 is 1.21 bits per heavy atom. The van der Waals surface area contributed by atoms with Gasteiger partial charge in [-0.3, -0.25) is 4.90 Å². The lowest BCUT2D eigenvalue weighted by Crippen LogP contribution is -2.39. The first-order chi connectivity index (χ1) is 11.9. The van der Waals surface area contributed by atoms with Crippen LogP contribution in [0.4, 0.5) is 0 Å². The summed E-state index contributed by atoms with van der Waals surface area (Å²) in [6, 6.07) is 8.62. The van der Waals surface area contributed by atoms with E-state index in [4.69, 9.17) is 8.83 Å². The van der Waals surface area contributed by atoms with E-state index in [0.29, 0.717) is 23.6 Å². The van der Waals surface area contributed by atoms with Crippen LogP contribution in [0.1, 0.15) is 36.5 Å². The Kier molecular flexibility index (Phi) is 4.76. The summed E-state index contributed by atoms with van der Waals surface area (Å²) in [7, 11) is 0. The largest absolute Gasteiger partial charge is 0.459 e. The maximum absolute atomic E-state index is 5.77. The molecule has 3 aromatic heterocycles. The molecule has 0 aliphatic carbocycles. The fourth-order valence-corrected chi connectivity index (χ4v) is 4.07. The molecule has 1 aliphatic heterocycles. The highest BCUT2D eigenvalue weighted by Gasteiger charge is 2.24. The lowest BCUT2D eigenvalue weighted by molar-refractivity contribution is 0.121. The molecule has 0 spiro atoms. The van der Waals surface area contributed by atoms with Gasteiger partial charge in [-0.15, -0.1) is 21.5 Å². The van der Waals surface area contributed by atoms with Crippen LogP contribution in [0.5, 0.6) is 0 Å². The molecule has 0 amide bonds. The molecule has 0 bridgehead atoms. The number of aromatic nitrogens is 2. The molecular weight excluding hydrogens is 322 g/mol. The van der Waals surface area contributed by atoms with Gasteiger partial charge in [0.05, 0.1) is 12.8 Å². The summed E-state index contributed by atoms with van der Waals surface area (Å²) < 4.78 is 11.1. The van der Waals surface area contributed by atoms with Crippen molar-refractivity contribution in [1.29, 1.82) is 0 Å². The molecule has 4 rings (SSSR count). The van der Waals surface area contributed by atoms with E-state index in [1.54, 1.807) is 6.26 Å². The van der Waals surface area contributed by atoms with Crippen LogP contribution in [0.3, 0.4) is 0 Å². The molecule has 1 atom stereocenters. The topological polar surface area (TPSA) is 55.3 Å². The molecule has 6 heteroatoms. The summed E-state index contributed by atoms with van der Waals surface area (Å²) in [5.41, 5.74) is 0. The van der Waals surface area contributed by atoms with Crippen LogP contribution in [-0.4, -0.2) is 27.7 Å². The van der Waals surface area contributed by atoms with Crippen molar-refractivity contribution in [2.24, 2.45) is 0 Å². The molecule has 1 aliphatic rings. The summed E-state index contributed by atoms with van der Waals surface area (Å²) in [5.74, 6) is 1.76. The van der Waals surface area contributed by atoms with Gasteiger partial charge in [-0.2, -0.15) is 0 Å². The van der Waals surface area contributed by atoms with Gasteiger partial charge in [0, 0.05) is 10.9 Å². The second-order valence-electron chi connectivity index (χ2n) is 6.22. The van der Waals surface area contributed by atoms with E-state index < -0.39 is 0 Å². The number of thiophene rings is 1. The van der Waals surface area contributed by atoms with Gasteiger partial charge in [-0.05, 0) is 55.8 Å². The van der Waals surface area contributed by atoms with E-state index in [-0.39, 0.29) is 0 Å². The molecule has 1 saturated heterocycles. The van der Waals surface area contributed by atoms with Gasteiger partial charge in [0.2, 0.25) is 5.89 Å². The molecule has 0 unspecified atom stereocenters. The molecule has 1 fully saturated rings. The Morgan fingerprint density at radius 2 is 2.21 bits per heavy atom. The summed E-state index contributed by atoms with van der Waals surface area (Å²) >= 11 is 1.85. The summed E-state index contributed by atoms with van der Waals surface area (Å²) in [4.78, 5) is 3.97. The number of piperidine rings is 1. The van der Waals surface area contributed by atoms with Crippen molar-refractivity contribution >= 4 is 11.3 Å². The van der Waals surface area contributed by atoms with Crippen LogP contribution in [0.15, 0.2) is 44.7 Å². The average molecular weight is 343 g/mol. The molecule has 0 aromatic carbocycles. The minimum Gasteiger partial charge on any atom is -0.459 e. The molecule has 4 heterocycles. The number of aryl methyl sites for hydroxylation is 1. The first-order valence-electron chi connectivity index (χ1n) is 8.51. The van der Waals surface area contributed by atoms with Gasteiger partial charge < -0.3 is 8.83 Å². The van der Waals surface area contributed by atoms with Crippen molar-refractivity contribution in [3.8, 4) is 11.7 Å². The summed E-state index contributed by atoms with van der Waals surface area (Å²) in [6.45, 7) is 1.83. The lowest BCUT2D eigenvalue weighted by Gasteiger charge is -2.34. The van der Waals surface area contributed by atoms with Crippen LogP contribution in [0.25, 0.3) is 11.7 Å². The number of nitrogens with zero attached hydrogens (tertiary/aromatic N) is 3. The normalized spacial score (nSPS) is 18.9. The lowest BCUT2D eigenvalue weighted by atomic mass is 9.97. The van der Waals surface area contributed by atoms with Crippen LogP contribution >= 0.6 is 11.3 Å². The van der Waals surface area contributed by atoms with Crippen LogP contribution in [0.2, 0.25) is 0 Å². The first-order valence-corrected chi connectivity index (χ1v) is 9.39. The Morgan fingerprint density at radius 3 is 3.04 bits per heavy atom. The Hall–Kier alpha value is -1.92. The van der Waals surface area contributed by atoms with Crippen molar-refractivity contribution in [2.45, 2.75) is 44.7 Å². The Bertz CT molecular complexity index is 736. The smallest absolute Gasteiger partial charge is 0.283 e. The van der Waals surface area contributed by atoms with Crippen molar-refractivity contribution in [3.63, 3.8) is 0 Å². The van der Waals surface area contributed by atoms with Crippen molar-refractivity contribution in [3.05, 3.63) is 46.7 Å². The zero-order valence-corrected chi connectivity index (χ0v) is 14.4. The first kappa shape index (κ1) is 15.6. The van der Waals surface area contributed by atoms with E-state index in [0.717, 1.165) is 19.5 Å². The highest BCUT2D eigenvalue weighted by atomic mass is 32.1. The minimum atomic E-state index is 0.460. The predicted octanol–water partition coefficient (Wildman–Crippen LogP) is 4.38. The maximum atomic E-state index is 5.77. The van der Waals surface area contributed by atoms with Crippen molar-refractivity contribution < 1.29 is 8.83 Å². The van der Waals surface area contributed by atoms with E-state index in [2.05, 4.69) is 32.6 Å². The number of furan rings is 1. The zero-order valence-electron chi connectivity index (χ0n) is 13.6. The zero-order chi connectivity index (χ0) is 16.2.